The van der Waals surface area contributed by atoms with Crippen molar-refractivity contribution in [2.24, 2.45) is 5.92 Å². The van der Waals surface area contributed by atoms with Crippen molar-refractivity contribution >= 4 is 28.5 Å². The van der Waals surface area contributed by atoms with Gasteiger partial charge in [-0.05, 0) is 19.3 Å². The zero-order chi connectivity index (χ0) is 7.14. The second-order valence-electron chi connectivity index (χ2n) is 3.14. The van der Waals surface area contributed by atoms with E-state index in [9.17, 15) is 4.79 Å². The first-order chi connectivity index (χ1) is 4.77. The molecule has 10 heavy (non-hydrogen) atoms. The average Bonchev–Trinajstić information content (AvgIpc) is 2.21. The predicted molar refractivity (Wildman–Crippen MR) is 47.1 cm³/mol. The maximum Gasteiger partial charge on any atom is 0.223 e. The summed E-state index contributed by atoms with van der Waals surface area (Å²) < 4.78 is 0.681. The lowest BCUT2D eigenvalue weighted by molar-refractivity contribution is -0.122. The molecular weight excluding hydrogens is 241 g/mol. The minimum atomic E-state index is 0.296. The van der Waals surface area contributed by atoms with Crippen molar-refractivity contribution < 1.29 is 4.79 Å². The summed E-state index contributed by atoms with van der Waals surface area (Å²) >= 11 is 2.44. The summed E-state index contributed by atoms with van der Waals surface area (Å²) in [6.45, 7) is 0. The Balaban J connectivity index is 2.15. The molecule has 0 unspecified atom stereocenters. The fraction of sp³-hybridized carbons (Fsp3) is 0.857. The molecule has 2 nitrogen and oxygen atoms in total. The maximum atomic E-state index is 11.1. The molecule has 2 fully saturated rings. The fourth-order valence-electron chi connectivity index (χ4n) is 1.82. The van der Waals surface area contributed by atoms with E-state index >= 15 is 0 Å². The Kier molecular flexibility index (Phi) is 1.62. The Hall–Kier alpha value is 0.200. The summed E-state index contributed by atoms with van der Waals surface area (Å²) in [6, 6.07) is 0.492. The van der Waals surface area contributed by atoms with E-state index < -0.39 is 0 Å². The highest BCUT2D eigenvalue weighted by atomic mass is 127. The van der Waals surface area contributed by atoms with Gasteiger partial charge < -0.3 is 5.32 Å². The Labute approximate surface area is 73.9 Å². The number of hydrogen-bond donors (Lipinski definition) is 1. The van der Waals surface area contributed by atoms with Gasteiger partial charge in [0, 0.05) is 15.9 Å². The summed E-state index contributed by atoms with van der Waals surface area (Å²) in [6.07, 6.45) is 3.41. The van der Waals surface area contributed by atoms with Crippen LogP contribution in [0.5, 0.6) is 0 Å². The van der Waals surface area contributed by atoms with Crippen LogP contribution in [0, 0.1) is 5.92 Å². The first-order valence-corrected chi connectivity index (χ1v) is 4.96. The van der Waals surface area contributed by atoms with Crippen LogP contribution >= 0.6 is 22.6 Å². The van der Waals surface area contributed by atoms with Crippen molar-refractivity contribution in [2.45, 2.75) is 29.2 Å². The molecule has 1 amide bonds. The monoisotopic (exact) mass is 251 g/mol. The van der Waals surface area contributed by atoms with Gasteiger partial charge in [0.05, 0.1) is 0 Å². The molecule has 1 aliphatic heterocycles. The SMILES string of the molecule is O=C1N[C@@H]2C[C@H]1CC[C@@H]2I. The standard InChI is InChI=1S/C7H10INO/c8-5-2-1-4-3-6(5)9-7(4)10/h4-6H,1-3H2,(H,9,10)/t4-,5+,6-/m1/s1. The van der Waals surface area contributed by atoms with Gasteiger partial charge in [-0.15, -0.1) is 0 Å². The van der Waals surface area contributed by atoms with Crippen molar-refractivity contribution in [2.75, 3.05) is 0 Å². The molecule has 1 N–H and O–H groups in total. The summed E-state index contributed by atoms with van der Waals surface area (Å²) in [7, 11) is 0. The van der Waals surface area contributed by atoms with E-state index in [0.29, 0.717) is 21.8 Å². The minimum absolute atomic E-state index is 0.296. The third-order valence-corrected chi connectivity index (χ3v) is 3.96. The zero-order valence-electron chi connectivity index (χ0n) is 5.64. The minimum Gasteiger partial charge on any atom is -0.352 e. The van der Waals surface area contributed by atoms with Crippen LogP contribution in [0.3, 0.4) is 0 Å². The zero-order valence-corrected chi connectivity index (χ0v) is 7.80. The van der Waals surface area contributed by atoms with Crippen LogP contribution in [-0.4, -0.2) is 15.9 Å². The fourth-order valence-corrected chi connectivity index (χ4v) is 2.65. The second kappa shape index (κ2) is 2.36. The molecule has 0 spiro atoms. The topological polar surface area (TPSA) is 29.1 Å². The van der Waals surface area contributed by atoms with E-state index in [1.807, 2.05) is 0 Å². The third-order valence-electron chi connectivity index (χ3n) is 2.46. The quantitative estimate of drug-likeness (QED) is 0.506. The Morgan fingerprint density at radius 1 is 1.50 bits per heavy atom. The molecule has 0 aromatic carbocycles. The van der Waals surface area contributed by atoms with Crippen LogP contribution in [0.2, 0.25) is 0 Å². The second-order valence-corrected chi connectivity index (χ2v) is 4.74. The average molecular weight is 251 g/mol. The first kappa shape index (κ1) is 6.88. The van der Waals surface area contributed by atoms with Gasteiger partial charge in [0.25, 0.3) is 0 Å². The van der Waals surface area contributed by atoms with E-state index in [1.54, 1.807) is 0 Å². The molecule has 2 aliphatic rings. The Morgan fingerprint density at radius 2 is 2.30 bits per heavy atom. The molecule has 0 aromatic rings. The van der Waals surface area contributed by atoms with Crippen molar-refractivity contribution in [3.63, 3.8) is 0 Å². The Bertz CT molecular complexity index is 171. The highest BCUT2D eigenvalue weighted by Crippen LogP contribution is 2.33. The lowest BCUT2D eigenvalue weighted by Gasteiger charge is -2.21. The van der Waals surface area contributed by atoms with Gasteiger partial charge in [-0.25, -0.2) is 0 Å². The van der Waals surface area contributed by atoms with E-state index in [1.165, 1.54) is 6.42 Å². The molecule has 56 valence electrons. The van der Waals surface area contributed by atoms with Gasteiger partial charge >= 0.3 is 0 Å². The molecule has 1 saturated heterocycles. The highest BCUT2D eigenvalue weighted by molar-refractivity contribution is 14.1. The van der Waals surface area contributed by atoms with Crippen molar-refractivity contribution in [1.29, 1.82) is 0 Å². The van der Waals surface area contributed by atoms with Crippen LogP contribution in [0.1, 0.15) is 19.3 Å². The molecular formula is C7H10INO. The molecule has 0 radical (unpaired) electrons. The first-order valence-electron chi connectivity index (χ1n) is 3.72. The molecule has 1 heterocycles. The lowest BCUT2D eigenvalue weighted by Crippen LogP contribution is -2.32. The van der Waals surface area contributed by atoms with Gasteiger partial charge in [0.1, 0.15) is 0 Å². The van der Waals surface area contributed by atoms with Gasteiger partial charge in [-0.3, -0.25) is 4.79 Å². The van der Waals surface area contributed by atoms with Gasteiger partial charge in [0.2, 0.25) is 5.91 Å². The van der Waals surface area contributed by atoms with E-state index in [-0.39, 0.29) is 0 Å². The summed E-state index contributed by atoms with van der Waals surface area (Å²) in [5.74, 6) is 0.653. The molecule has 1 aliphatic carbocycles. The number of amides is 1. The summed E-state index contributed by atoms with van der Waals surface area (Å²) in [5.41, 5.74) is 0. The third kappa shape index (κ3) is 0.946. The number of nitrogens with one attached hydrogen (secondary N) is 1. The van der Waals surface area contributed by atoms with Gasteiger partial charge in [0.15, 0.2) is 0 Å². The molecule has 1 saturated carbocycles. The molecule has 0 aromatic heterocycles. The number of hydrogen-bond acceptors (Lipinski definition) is 1. The summed E-state index contributed by atoms with van der Waals surface area (Å²) in [5, 5.41) is 3.02. The number of rotatable bonds is 0. The van der Waals surface area contributed by atoms with E-state index in [0.717, 1.165) is 12.8 Å². The summed E-state index contributed by atoms with van der Waals surface area (Å²) in [4.78, 5) is 11.1. The van der Waals surface area contributed by atoms with Crippen LogP contribution in [-0.2, 0) is 4.79 Å². The highest BCUT2D eigenvalue weighted by Gasteiger charge is 2.39. The number of carbonyl (C=O) groups is 1. The van der Waals surface area contributed by atoms with Crippen molar-refractivity contribution in [3.8, 4) is 0 Å². The van der Waals surface area contributed by atoms with E-state index in [2.05, 4.69) is 27.9 Å². The van der Waals surface area contributed by atoms with Crippen molar-refractivity contribution in [3.05, 3.63) is 0 Å². The smallest absolute Gasteiger partial charge is 0.223 e. The van der Waals surface area contributed by atoms with Gasteiger partial charge in [-0.2, -0.15) is 0 Å². The van der Waals surface area contributed by atoms with Crippen LogP contribution in [0.15, 0.2) is 0 Å². The molecule has 3 atom stereocenters. The van der Waals surface area contributed by atoms with Gasteiger partial charge in [-0.1, -0.05) is 22.6 Å². The predicted octanol–water partition coefficient (Wildman–Crippen LogP) is 1.09. The largest absolute Gasteiger partial charge is 0.352 e. The number of carbonyl (C=O) groups excluding carboxylic acids is 1. The van der Waals surface area contributed by atoms with Crippen molar-refractivity contribution in [1.82, 2.24) is 5.32 Å². The number of alkyl halides is 1. The van der Waals surface area contributed by atoms with Crippen LogP contribution < -0.4 is 5.32 Å². The van der Waals surface area contributed by atoms with Crippen LogP contribution in [0.4, 0.5) is 0 Å². The lowest BCUT2D eigenvalue weighted by atomic mass is 9.90. The number of fused-ring (bicyclic) bond motifs is 2. The molecule has 2 bridgehead atoms. The molecule has 2 rings (SSSR count). The normalized spacial score (nSPS) is 45.3. The molecule has 3 heteroatoms. The number of halogens is 1. The Morgan fingerprint density at radius 3 is 3.00 bits per heavy atom. The maximum absolute atomic E-state index is 11.1. The van der Waals surface area contributed by atoms with E-state index in [4.69, 9.17) is 0 Å². The van der Waals surface area contributed by atoms with Crippen LogP contribution in [0.25, 0.3) is 0 Å².